The standard InChI is InChI=1S/C13H13ClN2/c1-10-4-2-7-13(16-10)9-15-12-6-3-5-11(14)8-12/h2-8,15H,9H2,1H3. The first-order valence-electron chi connectivity index (χ1n) is 5.16. The smallest absolute Gasteiger partial charge is 0.0597 e. The van der Waals surface area contributed by atoms with Crippen LogP contribution in [0.1, 0.15) is 11.4 Å². The third-order valence-electron chi connectivity index (χ3n) is 2.24. The lowest BCUT2D eigenvalue weighted by Crippen LogP contribution is -2.01. The van der Waals surface area contributed by atoms with Crippen LogP contribution in [-0.4, -0.2) is 4.98 Å². The maximum Gasteiger partial charge on any atom is 0.0597 e. The second-order valence-corrected chi connectivity index (χ2v) is 4.07. The number of anilines is 1. The number of halogens is 1. The predicted octanol–water partition coefficient (Wildman–Crippen LogP) is 3.66. The van der Waals surface area contributed by atoms with Crippen molar-refractivity contribution in [2.24, 2.45) is 0 Å². The fourth-order valence-corrected chi connectivity index (χ4v) is 1.68. The summed E-state index contributed by atoms with van der Waals surface area (Å²) in [7, 11) is 0. The van der Waals surface area contributed by atoms with E-state index in [1.807, 2.05) is 49.4 Å². The number of hydrogen-bond acceptors (Lipinski definition) is 2. The van der Waals surface area contributed by atoms with Crippen molar-refractivity contribution in [2.75, 3.05) is 5.32 Å². The van der Waals surface area contributed by atoms with E-state index in [1.54, 1.807) is 0 Å². The van der Waals surface area contributed by atoms with Crippen molar-refractivity contribution in [3.8, 4) is 0 Å². The van der Waals surface area contributed by atoms with Crippen LogP contribution >= 0.6 is 11.6 Å². The van der Waals surface area contributed by atoms with Gasteiger partial charge in [-0.25, -0.2) is 0 Å². The van der Waals surface area contributed by atoms with Gasteiger partial charge >= 0.3 is 0 Å². The summed E-state index contributed by atoms with van der Waals surface area (Å²) in [6.07, 6.45) is 0. The Morgan fingerprint density at radius 3 is 2.75 bits per heavy atom. The van der Waals surface area contributed by atoms with Crippen LogP contribution in [0.2, 0.25) is 5.02 Å². The van der Waals surface area contributed by atoms with Crippen molar-refractivity contribution in [1.29, 1.82) is 0 Å². The molecule has 0 aliphatic rings. The zero-order chi connectivity index (χ0) is 11.4. The van der Waals surface area contributed by atoms with Gasteiger partial charge in [0, 0.05) is 16.4 Å². The molecule has 0 atom stereocenters. The molecule has 1 aromatic carbocycles. The highest BCUT2D eigenvalue weighted by molar-refractivity contribution is 6.30. The number of pyridine rings is 1. The minimum Gasteiger partial charge on any atom is -0.379 e. The molecular weight excluding hydrogens is 220 g/mol. The topological polar surface area (TPSA) is 24.9 Å². The Morgan fingerprint density at radius 1 is 1.19 bits per heavy atom. The molecule has 0 spiro atoms. The molecular formula is C13H13ClN2. The Bertz CT molecular complexity index is 437. The Labute approximate surface area is 100 Å². The molecule has 1 aromatic heterocycles. The highest BCUT2D eigenvalue weighted by atomic mass is 35.5. The molecule has 1 N–H and O–H groups in total. The average molecular weight is 233 g/mol. The summed E-state index contributed by atoms with van der Waals surface area (Å²) in [5.74, 6) is 0. The van der Waals surface area contributed by atoms with Gasteiger partial charge in [-0.3, -0.25) is 4.98 Å². The largest absolute Gasteiger partial charge is 0.379 e. The van der Waals surface area contributed by atoms with Gasteiger partial charge in [0.05, 0.1) is 12.2 Å². The van der Waals surface area contributed by atoms with E-state index in [2.05, 4.69) is 10.3 Å². The van der Waals surface area contributed by atoms with Crippen molar-refractivity contribution in [2.45, 2.75) is 13.5 Å². The van der Waals surface area contributed by atoms with Crippen LogP contribution < -0.4 is 5.32 Å². The fraction of sp³-hybridized carbons (Fsp3) is 0.154. The van der Waals surface area contributed by atoms with E-state index in [4.69, 9.17) is 11.6 Å². The molecule has 0 unspecified atom stereocenters. The van der Waals surface area contributed by atoms with Crippen molar-refractivity contribution in [3.05, 3.63) is 58.9 Å². The van der Waals surface area contributed by atoms with E-state index in [0.717, 1.165) is 22.1 Å². The highest BCUT2D eigenvalue weighted by Crippen LogP contribution is 2.15. The molecule has 0 fully saturated rings. The Morgan fingerprint density at radius 2 is 2.00 bits per heavy atom. The quantitative estimate of drug-likeness (QED) is 0.874. The van der Waals surface area contributed by atoms with E-state index in [1.165, 1.54) is 0 Å². The number of aryl methyl sites for hydroxylation is 1. The molecule has 2 aromatic rings. The maximum absolute atomic E-state index is 5.90. The van der Waals surface area contributed by atoms with Gasteiger partial charge in [-0.05, 0) is 37.3 Å². The normalized spacial score (nSPS) is 10.1. The number of rotatable bonds is 3. The molecule has 0 amide bonds. The Kier molecular flexibility index (Phi) is 3.42. The number of hydrogen-bond donors (Lipinski definition) is 1. The first-order chi connectivity index (χ1) is 7.74. The second kappa shape index (κ2) is 4.99. The second-order valence-electron chi connectivity index (χ2n) is 3.63. The summed E-state index contributed by atoms with van der Waals surface area (Å²) < 4.78 is 0. The van der Waals surface area contributed by atoms with Gasteiger partial charge in [0.15, 0.2) is 0 Å². The third-order valence-corrected chi connectivity index (χ3v) is 2.48. The van der Waals surface area contributed by atoms with Crippen LogP contribution in [0.3, 0.4) is 0 Å². The van der Waals surface area contributed by atoms with Crippen molar-refractivity contribution < 1.29 is 0 Å². The summed E-state index contributed by atoms with van der Waals surface area (Å²) in [6.45, 7) is 2.70. The van der Waals surface area contributed by atoms with Gasteiger partial charge in [0.25, 0.3) is 0 Å². The summed E-state index contributed by atoms with van der Waals surface area (Å²) in [5.41, 5.74) is 3.07. The molecule has 0 aliphatic heterocycles. The molecule has 2 nitrogen and oxygen atoms in total. The fourth-order valence-electron chi connectivity index (χ4n) is 1.49. The van der Waals surface area contributed by atoms with Crippen LogP contribution in [0, 0.1) is 6.92 Å². The Balaban J connectivity index is 2.02. The van der Waals surface area contributed by atoms with E-state index < -0.39 is 0 Å². The summed E-state index contributed by atoms with van der Waals surface area (Å²) >= 11 is 5.90. The van der Waals surface area contributed by atoms with Crippen LogP contribution in [0.4, 0.5) is 5.69 Å². The maximum atomic E-state index is 5.90. The minimum atomic E-state index is 0.710. The summed E-state index contributed by atoms with van der Waals surface area (Å²) in [4.78, 5) is 4.42. The summed E-state index contributed by atoms with van der Waals surface area (Å²) in [6, 6.07) is 13.7. The van der Waals surface area contributed by atoms with Crippen molar-refractivity contribution >= 4 is 17.3 Å². The first-order valence-corrected chi connectivity index (χ1v) is 5.54. The molecule has 0 bridgehead atoms. The van der Waals surface area contributed by atoms with Gasteiger partial charge < -0.3 is 5.32 Å². The van der Waals surface area contributed by atoms with Crippen molar-refractivity contribution in [3.63, 3.8) is 0 Å². The zero-order valence-electron chi connectivity index (χ0n) is 9.07. The van der Waals surface area contributed by atoms with Crippen LogP contribution in [0.25, 0.3) is 0 Å². The number of aromatic nitrogens is 1. The lowest BCUT2D eigenvalue weighted by Gasteiger charge is -2.06. The SMILES string of the molecule is Cc1cccc(CNc2cccc(Cl)c2)n1. The molecule has 1 heterocycles. The molecule has 0 saturated carbocycles. The molecule has 3 heteroatoms. The zero-order valence-corrected chi connectivity index (χ0v) is 9.83. The van der Waals surface area contributed by atoms with E-state index >= 15 is 0 Å². The molecule has 0 radical (unpaired) electrons. The Hall–Kier alpha value is -1.54. The monoisotopic (exact) mass is 232 g/mol. The van der Waals surface area contributed by atoms with E-state index in [0.29, 0.717) is 6.54 Å². The van der Waals surface area contributed by atoms with E-state index in [-0.39, 0.29) is 0 Å². The lowest BCUT2D eigenvalue weighted by atomic mass is 10.3. The number of nitrogens with zero attached hydrogens (tertiary/aromatic N) is 1. The van der Waals surface area contributed by atoms with E-state index in [9.17, 15) is 0 Å². The summed E-state index contributed by atoms with van der Waals surface area (Å²) in [5, 5.41) is 4.02. The van der Waals surface area contributed by atoms with Gasteiger partial charge in [0.2, 0.25) is 0 Å². The van der Waals surface area contributed by atoms with Crippen LogP contribution in [-0.2, 0) is 6.54 Å². The average Bonchev–Trinajstić information content (AvgIpc) is 2.27. The molecule has 0 saturated heterocycles. The van der Waals surface area contributed by atoms with Gasteiger partial charge in [0.1, 0.15) is 0 Å². The highest BCUT2D eigenvalue weighted by Gasteiger charge is 1.96. The van der Waals surface area contributed by atoms with Crippen LogP contribution in [0.5, 0.6) is 0 Å². The number of nitrogens with one attached hydrogen (secondary N) is 1. The third kappa shape index (κ3) is 2.97. The van der Waals surface area contributed by atoms with Gasteiger partial charge in [-0.2, -0.15) is 0 Å². The molecule has 2 rings (SSSR count). The minimum absolute atomic E-state index is 0.710. The number of benzene rings is 1. The predicted molar refractivity (Wildman–Crippen MR) is 67.8 cm³/mol. The van der Waals surface area contributed by atoms with Gasteiger partial charge in [-0.15, -0.1) is 0 Å². The first kappa shape index (κ1) is 11.0. The molecule has 82 valence electrons. The van der Waals surface area contributed by atoms with Crippen LogP contribution in [0.15, 0.2) is 42.5 Å². The van der Waals surface area contributed by atoms with Gasteiger partial charge in [-0.1, -0.05) is 23.7 Å². The lowest BCUT2D eigenvalue weighted by molar-refractivity contribution is 1.02. The van der Waals surface area contributed by atoms with Crippen molar-refractivity contribution in [1.82, 2.24) is 4.98 Å². The molecule has 0 aliphatic carbocycles. The molecule has 16 heavy (non-hydrogen) atoms.